The highest BCUT2D eigenvalue weighted by atomic mass is 15.2. The Morgan fingerprint density at radius 1 is 1.38 bits per heavy atom. The van der Waals surface area contributed by atoms with Gasteiger partial charge >= 0.3 is 0 Å². The lowest BCUT2D eigenvalue weighted by atomic mass is 9.77. The van der Waals surface area contributed by atoms with E-state index >= 15 is 0 Å². The summed E-state index contributed by atoms with van der Waals surface area (Å²) in [5.74, 6) is 0. The lowest BCUT2D eigenvalue weighted by Crippen LogP contribution is -2.55. The molecular formula is C11H20N2. The zero-order valence-electron chi connectivity index (χ0n) is 8.39. The van der Waals surface area contributed by atoms with Crippen molar-refractivity contribution in [3.05, 3.63) is 12.2 Å². The second-order valence-corrected chi connectivity index (χ2v) is 4.78. The number of hydrogen-bond acceptors (Lipinski definition) is 2. The Kier molecular flexibility index (Phi) is 2.43. The molecule has 0 aromatic rings. The molecule has 0 bridgehead atoms. The highest BCUT2D eigenvalue weighted by Gasteiger charge is 2.34. The number of nitrogens with two attached hydrogens (primary N) is 1. The van der Waals surface area contributed by atoms with Crippen LogP contribution >= 0.6 is 0 Å². The minimum absolute atomic E-state index is 0.150. The van der Waals surface area contributed by atoms with Crippen LogP contribution in [0.4, 0.5) is 0 Å². The Hall–Kier alpha value is -0.340. The first-order valence-electron chi connectivity index (χ1n) is 5.36. The van der Waals surface area contributed by atoms with Gasteiger partial charge in [-0.05, 0) is 38.6 Å². The Bertz CT molecular complexity index is 206. The summed E-state index contributed by atoms with van der Waals surface area (Å²) in [6.45, 7) is 7.45. The summed E-state index contributed by atoms with van der Waals surface area (Å²) >= 11 is 0. The minimum Gasteiger partial charge on any atom is -0.324 e. The quantitative estimate of drug-likeness (QED) is 0.653. The zero-order valence-corrected chi connectivity index (χ0v) is 8.39. The average Bonchev–Trinajstić information content (AvgIpc) is 2.01. The van der Waals surface area contributed by atoms with Gasteiger partial charge in [-0.25, -0.2) is 0 Å². The standard InChI is InChI=1S/C11H20N2/c1-10-4-2-7-13(8-10)9-11(12)5-3-6-11/h1-9,12H2. The minimum atomic E-state index is 0.150. The fraction of sp³-hybridized carbons (Fsp3) is 0.818. The van der Waals surface area contributed by atoms with Gasteiger partial charge in [-0.2, -0.15) is 0 Å². The van der Waals surface area contributed by atoms with Crippen molar-refractivity contribution in [1.82, 2.24) is 4.90 Å². The van der Waals surface area contributed by atoms with Crippen molar-refractivity contribution in [2.45, 2.75) is 37.6 Å². The van der Waals surface area contributed by atoms with E-state index < -0.39 is 0 Å². The van der Waals surface area contributed by atoms with Crippen LogP contribution in [0.3, 0.4) is 0 Å². The molecule has 2 fully saturated rings. The first-order valence-corrected chi connectivity index (χ1v) is 5.36. The van der Waals surface area contributed by atoms with Crippen molar-refractivity contribution < 1.29 is 0 Å². The molecule has 1 saturated carbocycles. The summed E-state index contributed by atoms with van der Waals surface area (Å²) in [6, 6.07) is 0. The van der Waals surface area contributed by atoms with Crippen LogP contribution in [-0.4, -0.2) is 30.1 Å². The van der Waals surface area contributed by atoms with Gasteiger partial charge in [0.15, 0.2) is 0 Å². The van der Waals surface area contributed by atoms with Crippen molar-refractivity contribution in [1.29, 1.82) is 0 Å². The fourth-order valence-electron chi connectivity index (χ4n) is 2.40. The van der Waals surface area contributed by atoms with Crippen LogP contribution in [0.1, 0.15) is 32.1 Å². The third-order valence-corrected chi connectivity index (χ3v) is 3.34. The van der Waals surface area contributed by atoms with Gasteiger partial charge in [-0.15, -0.1) is 0 Å². The first kappa shape index (κ1) is 9.22. The van der Waals surface area contributed by atoms with Crippen molar-refractivity contribution >= 4 is 0 Å². The van der Waals surface area contributed by atoms with E-state index in [1.807, 2.05) is 0 Å². The molecule has 0 spiro atoms. The third-order valence-electron chi connectivity index (χ3n) is 3.34. The normalized spacial score (nSPS) is 28.5. The van der Waals surface area contributed by atoms with E-state index in [1.165, 1.54) is 44.2 Å². The van der Waals surface area contributed by atoms with Crippen LogP contribution in [0, 0.1) is 0 Å². The Labute approximate surface area is 80.8 Å². The summed E-state index contributed by atoms with van der Waals surface area (Å²) in [4.78, 5) is 2.48. The second kappa shape index (κ2) is 3.43. The molecule has 2 heteroatoms. The van der Waals surface area contributed by atoms with E-state index in [9.17, 15) is 0 Å². The Balaban J connectivity index is 1.83. The van der Waals surface area contributed by atoms with Gasteiger partial charge in [-0.3, -0.25) is 4.90 Å². The molecule has 1 heterocycles. The summed E-state index contributed by atoms with van der Waals surface area (Å²) in [7, 11) is 0. The van der Waals surface area contributed by atoms with E-state index in [2.05, 4.69) is 11.5 Å². The predicted molar refractivity (Wildman–Crippen MR) is 55.6 cm³/mol. The maximum absolute atomic E-state index is 6.21. The molecule has 1 saturated heterocycles. The Morgan fingerprint density at radius 2 is 2.15 bits per heavy atom. The molecule has 0 unspecified atom stereocenters. The maximum Gasteiger partial charge on any atom is 0.0283 e. The molecule has 0 atom stereocenters. The summed E-state index contributed by atoms with van der Waals surface area (Å²) in [6.07, 6.45) is 6.25. The molecule has 0 radical (unpaired) electrons. The molecule has 0 amide bonds. The van der Waals surface area contributed by atoms with Gasteiger partial charge in [0.25, 0.3) is 0 Å². The van der Waals surface area contributed by atoms with E-state index in [0.717, 1.165) is 13.1 Å². The van der Waals surface area contributed by atoms with Crippen molar-refractivity contribution in [3.63, 3.8) is 0 Å². The topological polar surface area (TPSA) is 29.3 Å². The Morgan fingerprint density at radius 3 is 2.69 bits per heavy atom. The zero-order chi connectivity index (χ0) is 9.31. The average molecular weight is 180 g/mol. The highest BCUT2D eigenvalue weighted by Crippen LogP contribution is 2.30. The molecule has 1 aliphatic heterocycles. The monoisotopic (exact) mass is 180 g/mol. The third kappa shape index (κ3) is 2.12. The molecule has 0 aromatic carbocycles. The van der Waals surface area contributed by atoms with Crippen LogP contribution in [0.5, 0.6) is 0 Å². The lowest BCUT2D eigenvalue weighted by Gasteiger charge is -2.43. The largest absolute Gasteiger partial charge is 0.324 e. The smallest absolute Gasteiger partial charge is 0.0283 e. The number of nitrogens with zero attached hydrogens (tertiary/aromatic N) is 1. The lowest BCUT2D eigenvalue weighted by molar-refractivity contribution is 0.142. The highest BCUT2D eigenvalue weighted by molar-refractivity contribution is 5.03. The van der Waals surface area contributed by atoms with Gasteiger partial charge < -0.3 is 5.73 Å². The SMILES string of the molecule is C=C1CCCN(CC2(N)CCC2)C1. The van der Waals surface area contributed by atoms with Gasteiger partial charge in [0.05, 0.1) is 0 Å². The number of likely N-dealkylation sites (tertiary alicyclic amines) is 1. The first-order chi connectivity index (χ1) is 6.18. The van der Waals surface area contributed by atoms with E-state index in [0.29, 0.717) is 0 Å². The molecule has 74 valence electrons. The van der Waals surface area contributed by atoms with Gasteiger partial charge in [-0.1, -0.05) is 12.2 Å². The van der Waals surface area contributed by atoms with Gasteiger partial charge in [0.1, 0.15) is 0 Å². The molecule has 2 nitrogen and oxygen atoms in total. The van der Waals surface area contributed by atoms with Gasteiger partial charge in [0, 0.05) is 18.6 Å². The van der Waals surface area contributed by atoms with Crippen LogP contribution < -0.4 is 5.73 Å². The van der Waals surface area contributed by atoms with E-state index in [-0.39, 0.29) is 5.54 Å². The molecule has 2 N–H and O–H groups in total. The molecule has 2 aliphatic rings. The summed E-state index contributed by atoms with van der Waals surface area (Å²) in [5, 5.41) is 0. The molecular weight excluding hydrogens is 160 g/mol. The van der Waals surface area contributed by atoms with Gasteiger partial charge in [0.2, 0.25) is 0 Å². The van der Waals surface area contributed by atoms with Crippen molar-refractivity contribution in [3.8, 4) is 0 Å². The molecule has 13 heavy (non-hydrogen) atoms. The predicted octanol–water partition coefficient (Wildman–Crippen LogP) is 1.52. The molecule has 2 rings (SSSR count). The molecule has 1 aliphatic carbocycles. The summed E-state index contributed by atoms with van der Waals surface area (Å²) < 4.78 is 0. The fourth-order valence-corrected chi connectivity index (χ4v) is 2.40. The number of hydrogen-bond donors (Lipinski definition) is 1. The van der Waals surface area contributed by atoms with Crippen LogP contribution in [-0.2, 0) is 0 Å². The van der Waals surface area contributed by atoms with Crippen molar-refractivity contribution in [2.24, 2.45) is 5.73 Å². The van der Waals surface area contributed by atoms with E-state index in [4.69, 9.17) is 5.73 Å². The maximum atomic E-state index is 6.21. The van der Waals surface area contributed by atoms with Crippen LogP contribution in [0.15, 0.2) is 12.2 Å². The second-order valence-electron chi connectivity index (χ2n) is 4.78. The molecule has 0 aromatic heterocycles. The summed E-state index contributed by atoms with van der Waals surface area (Å²) in [5.41, 5.74) is 7.74. The van der Waals surface area contributed by atoms with Crippen LogP contribution in [0.2, 0.25) is 0 Å². The van der Waals surface area contributed by atoms with Crippen LogP contribution in [0.25, 0.3) is 0 Å². The van der Waals surface area contributed by atoms with E-state index in [1.54, 1.807) is 0 Å². The number of rotatable bonds is 2. The number of piperidine rings is 1. The van der Waals surface area contributed by atoms with Crippen molar-refractivity contribution in [2.75, 3.05) is 19.6 Å².